The van der Waals surface area contributed by atoms with Crippen LogP contribution in [0.15, 0.2) is 24.3 Å². The first-order valence-corrected chi connectivity index (χ1v) is 9.41. The lowest BCUT2D eigenvalue weighted by molar-refractivity contribution is -0.109. The van der Waals surface area contributed by atoms with Gasteiger partial charge < -0.3 is 15.4 Å². The maximum Gasteiger partial charge on any atom is 0.134 e. The molecule has 1 aromatic rings. The lowest BCUT2D eigenvalue weighted by atomic mass is 9.86. The molecule has 0 radical (unpaired) electrons. The van der Waals surface area contributed by atoms with Gasteiger partial charge in [0.1, 0.15) is 5.72 Å². The summed E-state index contributed by atoms with van der Waals surface area (Å²) in [5.41, 5.74) is 7.42. The van der Waals surface area contributed by atoms with Crippen molar-refractivity contribution in [3.05, 3.63) is 29.8 Å². The van der Waals surface area contributed by atoms with E-state index in [-0.39, 0.29) is 11.8 Å². The number of nitrogens with two attached hydrogens (primary N) is 1. The Morgan fingerprint density at radius 3 is 2.84 bits per heavy atom. The second-order valence-electron chi connectivity index (χ2n) is 7.86. The van der Waals surface area contributed by atoms with Crippen molar-refractivity contribution in [2.45, 2.75) is 57.4 Å². The molecule has 5 nitrogen and oxygen atoms in total. The highest BCUT2D eigenvalue weighted by Gasteiger charge is 2.36. The van der Waals surface area contributed by atoms with Gasteiger partial charge in [-0.05, 0) is 63.6 Å². The van der Waals surface area contributed by atoms with E-state index in [0.29, 0.717) is 17.5 Å². The zero-order valence-electron chi connectivity index (χ0n) is 15.4. The van der Waals surface area contributed by atoms with Gasteiger partial charge in [-0.1, -0.05) is 6.07 Å². The largest absolute Gasteiger partial charge is 0.365 e. The zero-order chi connectivity index (χ0) is 17.9. The van der Waals surface area contributed by atoms with Gasteiger partial charge in [-0.25, -0.2) is 0 Å². The van der Waals surface area contributed by atoms with Gasteiger partial charge in [-0.2, -0.15) is 5.26 Å². The molecule has 25 heavy (non-hydrogen) atoms. The third-order valence-electron chi connectivity index (χ3n) is 5.43. The van der Waals surface area contributed by atoms with Crippen molar-refractivity contribution >= 4 is 5.69 Å². The van der Waals surface area contributed by atoms with E-state index < -0.39 is 0 Å². The third-order valence-corrected chi connectivity index (χ3v) is 5.43. The predicted octanol–water partition coefficient (Wildman–Crippen LogP) is 2.61. The van der Waals surface area contributed by atoms with E-state index in [0.717, 1.165) is 38.2 Å². The number of benzene rings is 1. The first kappa shape index (κ1) is 18.2. The molecule has 3 N–H and O–H groups in total. The third kappa shape index (κ3) is 4.72. The number of rotatable bonds is 4. The Morgan fingerprint density at radius 1 is 1.36 bits per heavy atom. The van der Waals surface area contributed by atoms with Crippen LogP contribution in [0.1, 0.15) is 45.1 Å². The van der Waals surface area contributed by atoms with Gasteiger partial charge in [0.2, 0.25) is 0 Å². The molecule has 2 aliphatic rings. The van der Waals surface area contributed by atoms with E-state index in [2.05, 4.69) is 36.2 Å². The second-order valence-corrected chi connectivity index (χ2v) is 7.86. The summed E-state index contributed by atoms with van der Waals surface area (Å²) in [7, 11) is 0. The minimum absolute atomic E-state index is 0.136. The van der Waals surface area contributed by atoms with Gasteiger partial charge in [0.15, 0.2) is 0 Å². The average Bonchev–Trinajstić information content (AvgIpc) is 2.60. The SMILES string of the molecule is C[C@@H]1CN(c2cccc(C#N)c2)C[C@](C)(NCC2CCC(N)CC2)O1. The van der Waals surface area contributed by atoms with E-state index in [1.165, 1.54) is 12.8 Å². The fraction of sp³-hybridized carbons (Fsp3) is 0.650. The van der Waals surface area contributed by atoms with Crippen molar-refractivity contribution < 1.29 is 4.74 Å². The lowest BCUT2D eigenvalue weighted by Crippen LogP contribution is -2.61. The lowest BCUT2D eigenvalue weighted by Gasteiger charge is -2.46. The Bertz CT molecular complexity index is 620. The normalized spacial score (nSPS) is 33.0. The van der Waals surface area contributed by atoms with Crippen LogP contribution in [0.5, 0.6) is 0 Å². The molecule has 1 aliphatic heterocycles. The number of nitrogens with one attached hydrogen (secondary N) is 1. The van der Waals surface area contributed by atoms with Gasteiger partial charge in [-0.15, -0.1) is 0 Å². The summed E-state index contributed by atoms with van der Waals surface area (Å²) in [6.07, 6.45) is 4.80. The van der Waals surface area contributed by atoms with E-state index in [4.69, 9.17) is 15.7 Å². The Balaban J connectivity index is 1.63. The van der Waals surface area contributed by atoms with Gasteiger partial charge in [0.05, 0.1) is 24.3 Å². The smallest absolute Gasteiger partial charge is 0.134 e. The standard InChI is InChI=1S/C20H30N4O/c1-15-13-24(19-5-3-4-17(10-19)11-21)14-20(2,25-15)23-12-16-6-8-18(22)9-7-16/h3-5,10,15-16,18,23H,6-9,12-14,22H2,1-2H3/t15-,16?,18?,20-/m1/s1. The van der Waals surface area contributed by atoms with Crippen LogP contribution in [0.4, 0.5) is 5.69 Å². The summed E-state index contributed by atoms with van der Waals surface area (Å²) in [6, 6.07) is 10.4. The second kappa shape index (κ2) is 7.74. The van der Waals surface area contributed by atoms with Crippen molar-refractivity contribution in [1.29, 1.82) is 5.26 Å². The molecule has 2 atom stereocenters. The van der Waals surface area contributed by atoms with Crippen molar-refractivity contribution in [2.75, 3.05) is 24.5 Å². The molecule has 1 saturated heterocycles. The van der Waals surface area contributed by atoms with Gasteiger partial charge >= 0.3 is 0 Å². The summed E-state index contributed by atoms with van der Waals surface area (Å²) in [4.78, 5) is 2.32. The monoisotopic (exact) mass is 342 g/mol. The summed E-state index contributed by atoms with van der Waals surface area (Å²) in [5, 5.41) is 12.8. The molecule has 0 bridgehead atoms. The number of ether oxygens (including phenoxy) is 1. The molecule has 0 amide bonds. The summed E-state index contributed by atoms with van der Waals surface area (Å²) < 4.78 is 6.25. The van der Waals surface area contributed by atoms with E-state index in [9.17, 15) is 0 Å². The number of hydrogen-bond acceptors (Lipinski definition) is 5. The number of anilines is 1. The molecule has 0 aromatic heterocycles. The fourth-order valence-corrected chi connectivity index (χ4v) is 4.08. The molecular formula is C20H30N4O. The molecule has 2 fully saturated rings. The highest BCUT2D eigenvalue weighted by atomic mass is 16.5. The highest BCUT2D eigenvalue weighted by Crippen LogP contribution is 2.27. The number of morpholine rings is 1. The van der Waals surface area contributed by atoms with Crippen LogP contribution in [-0.4, -0.2) is 37.5 Å². The molecule has 1 aliphatic carbocycles. The molecule has 3 rings (SSSR count). The van der Waals surface area contributed by atoms with E-state index >= 15 is 0 Å². The van der Waals surface area contributed by atoms with Crippen LogP contribution >= 0.6 is 0 Å². The molecule has 1 saturated carbocycles. The molecule has 136 valence electrons. The Morgan fingerprint density at radius 2 is 2.12 bits per heavy atom. The van der Waals surface area contributed by atoms with Gasteiger partial charge in [0.25, 0.3) is 0 Å². The van der Waals surface area contributed by atoms with Crippen LogP contribution in [0.2, 0.25) is 0 Å². The van der Waals surface area contributed by atoms with Crippen LogP contribution < -0.4 is 16.0 Å². The van der Waals surface area contributed by atoms with Crippen LogP contribution in [0.3, 0.4) is 0 Å². The summed E-state index contributed by atoms with van der Waals surface area (Å²) in [5.74, 6) is 0.688. The minimum atomic E-state index is -0.375. The maximum absolute atomic E-state index is 9.15. The summed E-state index contributed by atoms with van der Waals surface area (Å²) in [6.45, 7) is 6.84. The topological polar surface area (TPSA) is 74.3 Å². The van der Waals surface area contributed by atoms with Crippen LogP contribution in [0.25, 0.3) is 0 Å². The Hall–Kier alpha value is -1.61. The first-order valence-electron chi connectivity index (χ1n) is 9.41. The summed E-state index contributed by atoms with van der Waals surface area (Å²) >= 11 is 0. The van der Waals surface area contributed by atoms with Crippen molar-refractivity contribution in [3.8, 4) is 6.07 Å². The van der Waals surface area contributed by atoms with Crippen molar-refractivity contribution in [3.63, 3.8) is 0 Å². The van der Waals surface area contributed by atoms with Crippen LogP contribution in [0, 0.1) is 17.2 Å². The van der Waals surface area contributed by atoms with Crippen molar-refractivity contribution in [1.82, 2.24) is 5.32 Å². The highest BCUT2D eigenvalue weighted by molar-refractivity contribution is 5.52. The maximum atomic E-state index is 9.15. The quantitative estimate of drug-likeness (QED) is 0.880. The number of hydrogen-bond donors (Lipinski definition) is 2. The van der Waals surface area contributed by atoms with E-state index in [1.54, 1.807) is 0 Å². The molecular weight excluding hydrogens is 312 g/mol. The molecule has 1 heterocycles. The van der Waals surface area contributed by atoms with Crippen molar-refractivity contribution in [2.24, 2.45) is 11.7 Å². The number of nitrogens with zero attached hydrogens (tertiary/aromatic N) is 2. The van der Waals surface area contributed by atoms with Gasteiger partial charge in [-0.3, -0.25) is 5.32 Å². The predicted molar refractivity (Wildman–Crippen MR) is 100 cm³/mol. The minimum Gasteiger partial charge on any atom is -0.365 e. The number of nitriles is 1. The molecule has 0 unspecified atom stereocenters. The molecule has 5 heteroatoms. The van der Waals surface area contributed by atoms with Gasteiger partial charge in [0, 0.05) is 24.8 Å². The zero-order valence-corrected chi connectivity index (χ0v) is 15.4. The fourth-order valence-electron chi connectivity index (χ4n) is 4.08. The Kier molecular flexibility index (Phi) is 5.63. The molecule has 1 aromatic carbocycles. The van der Waals surface area contributed by atoms with Crippen LogP contribution in [-0.2, 0) is 4.74 Å². The van der Waals surface area contributed by atoms with E-state index in [1.807, 2.05) is 18.2 Å². The average molecular weight is 342 g/mol. The Labute approximate surface area is 151 Å². The molecule has 0 spiro atoms. The first-order chi connectivity index (χ1) is 12.0.